The van der Waals surface area contributed by atoms with Gasteiger partial charge in [-0.2, -0.15) is 0 Å². The van der Waals surface area contributed by atoms with Gasteiger partial charge in [0.1, 0.15) is 24.1 Å². The van der Waals surface area contributed by atoms with Gasteiger partial charge in [0.2, 0.25) is 0 Å². The number of fused-ring (bicyclic) bond motifs is 5. The zero-order valence-electron chi connectivity index (χ0n) is 22.7. The molecule has 6 heterocycles. The van der Waals surface area contributed by atoms with E-state index in [1.807, 2.05) is 0 Å². The van der Waals surface area contributed by atoms with E-state index in [9.17, 15) is 28.8 Å². The summed E-state index contributed by atoms with van der Waals surface area (Å²) in [5.41, 5.74) is 5.73. The number of nitrogens with zero attached hydrogens (tertiary/aromatic N) is 8. The zero-order chi connectivity index (χ0) is 31.1. The van der Waals surface area contributed by atoms with E-state index in [4.69, 9.17) is 24.0 Å². The van der Waals surface area contributed by atoms with Crippen molar-refractivity contribution in [3.8, 4) is 0 Å². The predicted octanol–water partition coefficient (Wildman–Crippen LogP) is -0.204. The molecule has 0 spiro atoms. The van der Waals surface area contributed by atoms with E-state index in [-0.39, 0.29) is 34.6 Å². The normalized spacial score (nSPS) is 38.0. The number of anilines is 1. The first-order valence-electron chi connectivity index (χ1n) is 13.3. The number of nitrogen functional groups attached to an aromatic ring is 1. The fourth-order valence-electron chi connectivity index (χ4n) is 6.00. The number of halogens is 1. The molecule has 0 aromatic carbocycles. The van der Waals surface area contributed by atoms with Crippen molar-refractivity contribution in [3.63, 3.8) is 0 Å². The molecule has 2 bridgehead atoms. The number of aliphatic hydroxyl groups excluding tert-OH is 1. The van der Waals surface area contributed by atoms with Crippen LogP contribution < -0.4 is 11.3 Å². The first kappa shape index (κ1) is 29.5. The van der Waals surface area contributed by atoms with Crippen LogP contribution in [0.5, 0.6) is 0 Å². The molecule has 22 heteroatoms. The number of aryl methyl sites for hydroxylation is 1. The summed E-state index contributed by atoms with van der Waals surface area (Å²) in [6.07, 6.45) is -5.57. The quantitative estimate of drug-likeness (QED) is 0.204. The Hall–Kier alpha value is -3.19. The van der Waals surface area contributed by atoms with E-state index < -0.39 is 82.5 Å². The molecule has 10 atom stereocenters. The number of hydrogen-bond acceptors (Lipinski definition) is 14. The van der Waals surface area contributed by atoms with Gasteiger partial charge in [0.15, 0.2) is 35.0 Å². The van der Waals surface area contributed by atoms with Crippen LogP contribution in [0.4, 0.5) is 10.2 Å². The van der Waals surface area contributed by atoms with Crippen LogP contribution in [-0.2, 0) is 34.5 Å². The molecule has 4 aromatic rings. The standard InChI is InChI=1S/C22H26FN9O10P2/c1-30-6-29-20-15(21(30)34)28-7-31(20)10-2-11-16(33)17(10)42-44(37,38)39-3-12-9(4-43(35,36)41-11)13(23)22(40-12)32-8-27-14-18(24)25-5-26-19(14)32/h5-13,16-17,22,33H,2-4H2,1H3,(H,35,36)(H,37,38)(H2,24,25,26)/t9-,10-,11+,12-,13-,16-,17+,22-/m1/s1. The number of phosphoric acid groups is 1. The number of nitrogens with two attached hydrogens (primary N) is 1. The maximum atomic E-state index is 16.1. The topological polar surface area (TPSA) is 254 Å². The smallest absolute Gasteiger partial charge is 0.388 e. The van der Waals surface area contributed by atoms with Gasteiger partial charge in [-0.15, -0.1) is 0 Å². The average molecular weight is 657 g/mol. The Morgan fingerprint density at radius 2 is 1.73 bits per heavy atom. The highest BCUT2D eigenvalue weighted by atomic mass is 31.2. The van der Waals surface area contributed by atoms with Gasteiger partial charge in [0.05, 0.1) is 50.0 Å². The summed E-state index contributed by atoms with van der Waals surface area (Å²) in [4.78, 5) is 54.4. The molecule has 2 aliphatic heterocycles. The van der Waals surface area contributed by atoms with Crippen molar-refractivity contribution in [2.75, 3.05) is 18.5 Å². The molecular weight excluding hydrogens is 631 g/mol. The number of imidazole rings is 2. The highest BCUT2D eigenvalue weighted by Gasteiger charge is 2.55. The Morgan fingerprint density at radius 1 is 1.00 bits per heavy atom. The van der Waals surface area contributed by atoms with Gasteiger partial charge in [-0.25, -0.2) is 33.9 Å². The van der Waals surface area contributed by atoms with Crippen molar-refractivity contribution in [1.82, 2.24) is 38.6 Å². The highest BCUT2D eigenvalue weighted by molar-refractivity contribution is 7.52. The Bertz CT molecular complexity index is 1920. The summed E-state index contributed by atoms with van der Waals surface area (Å²) in [5.74, 6) is -1.34. The first-order valence-corrected chi connectivity index (χ1v) is 16.5. The second kappa shape index (κ2) is 10.4. The van der Waals surface area contributed by atoms with Gasteiger partial charge in [0.25, 0.3) is 5.56 Å². The summed E-state index contributed by atoms with van der Waals surface area (Å²) in [6.45, 7) is -0.734. The largest absolute Gasteiger partial charge is 0.472 e. The van der Waals surface area contributed by atoms with Gasteiger partial charge in [-0.05, 0) is 0 Å². The number of aromatic nitrogens is 8. The second-order valence-corrected chi connectivity index (χ2v) is 14.1. The van der Waals surface area contributed by atoms with Crippen molar-refractivity contribution in [2.24, 2.45) is 13.0 Å². The van der Waals surface area contributed by atoms with E-state index in [0.717, 1.165) is 6.33 Å². The molecule has 4 aromatic heterocycles. The molecule has 3 fully saturated rings. The van der Waals surface area contributed by atoms with Gasteiger partial charge in [-0.3, -0.25) is 23.0 Å². The molecule has 236 valence electrons. The van der Waals surface area contributed by atoms with Gasteiger partial charge in [-0.1, -0.05) is 0 Å². The zero-order valence-corrected chi connectivity index (χ0v) is 24.5. The van der Waals surface area contributed by atoms with Gasteiger partial charge >= 0.3 is 15.4 Å². The molecule has 5 N–H and O–H groups in total. The van der Waals surface area contributed by atoms with Crippen LogP contribution in [0.15, 0.2) is 30.1 Å². The summed E-state index contributed by atoms with van der Waals surface area (Å²) in [7, 11) is -8.18. The molecule has 0 radical (unpaired) electrons. The molecule has 3 aliphatic rings. The monoisotopic (exact) mass is 657 g/mol. The van der Waals surface area contributed by atoms with E-state index in [0.29, 0.717) is 0 Å². The van der Waals surface area contributed by atoms with E-state index >= 15 is 4.39 Å². The van der Waals surface area contributed by atoms with Crippen LogP contribution in [0.25, 0.3) is 22.3 Å². The second-order valence-electron chi connectivity index (χ2n) is 10.8. The van der Waals surface area contributed by atoms with Crippen LogP contribution in [-0.4, -0.2) is 96.9 Å². The molecule has 0 amide bonds. The summed E-state index contributed by atoms with van der Waals surface area (Å²) in [5, 5.41) is 11.1. The highest BCUT2D eigenvalue weighted by Crippen LogP contribution is 2.57. The predicted molar refractivity (Wildman–Crippen MR) is 145 cm³/mol. The third kappa shape index (κ3) is 4.86. The van der Waals surface area contributed by atoms with Crippen molar-refractivity contribution < 1.29 is 46.7 Å². The fraction of sp³-hybridized carbons (Fsp3) is 0.545. The third-order valence-electron chi connectivity index (χ3n) is 8.10. The molecule has 44 heavy (non-hydrogen) atoms. The third-order valence-corrected chi connectivity index (χ3v) is 10.6. The van der Waals surface area contributed by atoms with Crippen molar-refractivity contribution >= 4 is 43.6 Å². The van der Waals surface area contributed by atoms with Crippen LogP contribution in [0.1, 0.15) is 18.7 Å². The van der Waals surface area contributed by atoms with Gasteiger partial charge in [0, 0.05) is 19.4 Å². The molecule has 1 saturated carbocycles. The van der Waals surface area contributed by atoms with E-state index in [1.165, 1.54) is 39.7 Å². The maximum Gasteiger partial charge on any atom is 0.472 e. The fourth-order valence-corrected chi connectivity index (χ4v) is 8.66. The Labute approximate surface area is 245 Å². The summed E-state index contributed by atoms with van der Waals surface area (Å²) < 4.78 is 68.4. The molecular formula is C22H26FN9O10P2. The average Bonchev–Trinajstić information content (AvgIpc) is 3.72. The first-order chi connectivity index (χ1) is 20.8. The molecule has 2 saturated heterocycles. The lowest BCUT2D eigenvalue weighted by Gasteiger charge is -2.28. The van der Waals surface area contributed by atoms with Crippen molar-refractivity contribution in [3.05, 3.63) is 35.7 Å². The number of aliphatic hydroxyl groups is 1. The van der Waals surface area contributed by atoms with E-state index in [1.54, 1.807) is 0 Å². The number of ether oxygens (including phenoxy) is 1. The van der Waals surface area contributed by atoms with Crippen LogP contribution in [0.3, 0.4) is 0 Å². The summed E-state index contributed by atoms with van der Waals surface area (Å²) in [6, 6.07) is -1.04. The lowest BCUT2D eigenvalue weighted by atomic mass is 10.0. The van der Waals surface area contributed by atoms with E-state index in [2.05, 4.69) is 24.9 Å². The Kier molecular flexibility index (Phi) is 7.00. The van der Waals surface area contributed by atoms with Crippen LogP contribution in [0.2, 0.25) is 0 Å². The molecule has 1 aliphatic carbocycles. The SMILES string of the molecule is Cn1cnc2c(ncn2[C@@H]2C[C@@H]3OP(=O)(O)C[C@H]4[C@@H](F)[C@H](n5cnc6c(N)ncnc65)O[C@@H]4COP(=O)(O)O[C@@H]2[C@@H]3O)c1=O. The molecule has 2 unspecified atom stereocenters. The number of rotatable bonds is 2. The minimum absolute atomic E-state index is 0.0184. The lowest BCUT2D eigenvalue weighted by molar-refractivity contribution is -0.0507. The lowest BCUT2D eigenvalue weighted by Crippen LogP contribution is -2.36. The molecule has 7 rings (SSSR count). The minimum Gasteiger partial charge on any atom is -0.388 e. The maximum absolute atomic E-state index is 16.1. The Balaban J connectivity index is 1.22. The number of alkyl halides is 1. The summed E-state index contributed by atoms with van der Waals surface area (Å²) >= 11 is 0. The number of phosphoric ester groups is 1. The van der Waals surface area contributed by atoms with Crippen molar-refractivity contribution in [2.45, 2.75) is 49.3 Å². The Morgan fingerprint density at radius 3 is 2.52 bits per heavy atom. The van der Waals surface area contributed by atoms with Crippen molar-refractivity contribution in [1.29, 1.82) is 0 Å². The minimum atomic E-state index is -4.99. The van der Waals surface area contributed by atoms with Gasteiger partial charge < -0.3 is 39.0 Å². The van der Waals surface area contributed by atoms with Crippen LogP contribution in [0, 0.1) is 5.92 Å². The molecule has 19 nitrogen and oxygen atoms in total. The number of hydrogen-bond donors (Lipinski definition) is 4. The van der Waals surface area contributed by atoms with Crippen LogP contribution >= 0.6 is 15.4 Å².